The zero-order chi connectivity index (χ0) is 25.1. The molecular weight excluding hydrogens is 460 g/mol. The van der Waals surface area contributed by atoms with Crippen LogP contribution < -0.4 is 4.74 Å². The van der Waals surface area contributed by atoms with E-state index in [-0.39, 0.29) is 0 Å². The summed E-state index contributed by atoms with van der Waals surface area (Å²) in [5, 5.41) is 2.59. The first-order valence-corrected chi connectivity index (χ1v) is 13.3. The third kappa shape index (κ3) is 2.00. The summed E-state index contributed by atoms with van der Waals surface area (Å²) in [4.78, 5) is 0. The summed E-state index contributed by atoms with van der Waals surface area (Å²) >= 11 is 0. The Hall–Kier alpha value is -4.62. The number of ether oxygens (including phenoxy) is 1. The standard InChI is InChI=1S/C37H24O/c1-38-24-21-23-11-10-20-33-35(23)34(22-24)37-31-18-8-4-14-27(31)25-12-2-6-16-29(25)36(33,37)30-17-7-3-13-26(30)28-15-5-9-19-32(28)37/h2-22H,1H3. The molecule has 0 saturated carbocycles. The van der Waals surface area contributed by atoms with Gasteiger partial charge in [-0.2, -0.15) is 0 Å². The quantitative estimate of drug-likeness (QED) is 0.227. The Morgan fingerprint density at radius 3 is 1.32 bits per heavy atom. The van der Waals surface area contributed by atoms with Gasteiger partial charge in [0.05, 0.1) is 17.9 Å². The van der Waals surface area contributed by atoms with E-state index in [0.29, 0.717) is 0 Å². The molecular formula is C37H24O. The third-order valence-corrected chi connectivity index (χ3v) is 9.46. The van der Waals surface area contributed by atoms with Crippen LogP contribution in [0.25, 0.3) is 33.0 Å². The van der Waals surface area contributed by atoms with E-state index >= 15 is 0 Å². The Morgan fingerprint density at radius 1 is 0.421 bits per heavy atom. The number of benzene rings is 6. The van der Waals surface area contributed by atoms with Crippen molar-refractivity contribution in [3.05, 3.63) is 161 Å². The molecule has 1 heteroatoms. The van der Waals surface area contributed by atoms with Crippen molar-refractivity contribution in [1.29, 1.82) is 0 Å². The van der Waals surface area contributed by atoms with E-state index in [0.717, 1.165) is 5.75 Å². The molecule has 1 nitrogen and oxygen atoms in total. The lowest BCUT2D eigenvalue weighted by Gasteiger charge is -2.56. The largest absolute Gasteiger partial charge is 0.497 e. The molecule has 6 aromatic carbocycles. The zero-order valence-corrected chi connectivity index (χ0v) is 21.0. The van der Waals surface area contributed by atoms with Gasteiger partial charge in [-0.05, 0) is 78.5 Å². The Labute approximate surface area is 222 Å². The van der Waals surface area contributed by atoms with E-state index < -0.39 is 10.8 Å². The molecule has 9 rings (SSSR count). The molecule has 0 heterocycles. The molecule has 0 radical (unpaired) electrons. The summed E-state index contributed by atoms with van der Waals surface area (Å²) in [5.41, 5.74) is 12.6. The van der Waals surface area contributed by atoms with Crippen LogP contribution in [0, 0.1) is 0 Å². The Morgan fingerprint density at radius 2 is 0.842 bits per heavy atom. The Kier molecular flexibility index (Phi) is 3.67. The number of methoxy groups -OCH3 is 1. The van der Waals surface area contributed by atoms with E-state index in [9.17, 15) is 0 Å². The minimum atomic E-state index is -0.445. The monoisotopic (exact) mass is 484 g/mol. The maximum absolute atomic E-state index is 5.96. The second-order valence-electron chi connectivity index (χ2n) is 10.8. The van der Waals surface area contributed by atoms with Crippen LogP contribution in [0.2, 0.25) is 0 Å². The SMILES string of the molecule is COc1cc2c3c(cccc3c1)C13c4ccccc4-c4ccccc4C21c1ccccc1-c1ccccc13. The molecule has 38 heavy (non-hydrogen) atoms. The molecule has 0 aromatic heterocycles. The van der Waals surface area contributed by atoms with E-state index in [1.807, 2.05) is 0 Å². The number of rotatable bonds is 1. The summed E-state index contributed by atoms with van der Waals surface area (Å²) in [5.74, 6) is 0.905. The van der Waals surface area contributed by atoms with Crippen molar-refractivity contribution in [3.8, 4) is 28.0 Å². The third-order valence-electron chi connectivity index (χ3n) is 9.46. The van der Waals surface area contributed by atoms with E-state index in [1.54, 1.807) is 7.11 Å². The van der Waals surface area contributed by atoms with Gasteiger partial charge in [0, 0.05) is 0 Å². The fraction of sp³-hybridized carbons (Fsp3) is 0.0811. The van der Waals surface area contributed by atoms with Crippen LogP contribution >= 0.6 is 0 Å². The molecule has 6 aromatic rings. The Balaban J connectivity index is 1.66. The van der Waals surface area contributed by atoms with Crippen molar-refractivity contribution in [1.82, 2.24) is 0 Å². The number of fused-ring (bicyclic) bond motifs is 6. The van der Waals surface area contributed by atoms with Gasteiger partial charge in [-0.15, -0.1) is 0 Å². The van der Waals surface area contributed by atoms with Gasteiger partial charge >= 0.3 is 0 Å². The average Bonchev–Trinajstić information content (AvgIpc) is 3.27. The predicted octanol–water partition coefficient (Wildman–Crippen LogP) is 8.49. The van der Waals surface area contributed by atoms with Gasteiger partial charge in [0.2, 0.25) is 0 Å². The van der Waals surface area contributed by atoms with E-state index in [2.05, 4.69) is 127 Å². The van der Waals surface area contributed by atoms with Crippen LogP contribution in [0.15, 0.2) is 127 Å². The van der Waals surface area contributed by atoms with E-state index in [1.165, 1.54) is 66.4 Å². The molecule has 0 atom stereocenters. The fourth-order valence-electron chi connectivity index (χ4n) is 8.39. The summed E-state index contributed by atoms with van der Waals surface area (Å²) in [7, 11) is 1.78. The summed E-state index contributed by atoms with van der Waals surface area (Å²) < 4.78 is 5.96. The molecule has 0 N–H and O–H groups in total. The molecule has 0 aliphatic heterocycles. The molecule has 0 saturated heterocycles. The molecule has 3 aliphatic rings. The average molecular weight is 485 g/mol. The highest BCUT2D eigenvalue weighted by molar-refractivity contribution is 6.05. The minimum Gasteiger partial charge on any atom is -0.497 e. The maximum atomic E-state index is 5.96. The lowest BCUT2D eigenvalue weighted by Crippen LogP contribution is -2.54. The summed E-state index contributed by atoms with van der Waals surface area (Å²) in [6.07, 6.45) is 0. The topological polar surface area (TPSA) is 9.23 Å². The van der Waals surface area contributed by atoms with Crippen molar-refractivity contribution >= 4 is 10.8 Å². The first-order valence-electron chi connectivity index (χ1n) is 13.3. The fourth-order valence-corrected chi connectivity index (χ4v) is 8.39. The van der Waals surface area contributed by atoms with Crippen molar-refractivity contribution < 1.29 is 4.74 Å². The normalized spacial score (nSPS) is 21.0. The van der Waals surface area contributed by atoms with Crippen molar-refractivity contribution in [2.24, 2.45) is 0 Å². The minimum absolute atomic E-state index is 0.420. The summed E-state index contributed by atoms with van der Waals surface area (Å²) in [6, 6.07) is 47.8. The van der Waals surface area contributed by atoms with Crippen molar-refractivity contribution in [2.45, 2.75) is 10.8 Å². The van der Waals surface area contributed by atoms with E-state index in [4.69, 9.17) is 4.74 Å². The predicted molar refractivity (Wildman–Crippen MR) is 154 cm³/mol. The van der Waals surface area contributed by atoms with Crippen molar-refractivity contribution in [3.63, 3.8) is 0 Å². The smallest absolute Gasteiger partial charge is 0.119 e. The number of hydrogen-bond donors (Lipinski definition) is 0. The molecule has 178 valence electrons. The lowest BCUT2D eigenvalue weighted by atomic mass is 9.43. The van der Waals surface area contributed by atoms with Crippen LogP contribution in [-0.4, -0.2) is 7.11 Å². The maximum Gasteiger partial charge on any atom is 0.119 e. The van der Waals surface area contributed by atoms with Crippen LogP contribution in [0.5, 0.6) is 5.75 Å². The van der Waals surface area contributed by atoms with Gasteiger partial charge in [0.15, 0.2) is 0 Å². The van der Waals surface area contributed by atoms with Gasteiger partial charge < -0.3 is 4.74 Å². The van der Waals surface area contributed by atoms with Gasteiger partial charge in [-0.3, -0.25) is 0 Å². The number of hydrogen-bond acceptors (Lipinski definition) is 1. The molecule has 3 aliphatic carbocycles. The molecule has 0 fully saturated rings. The second kappa shape index (κ2) is 6.82. The van der Waals surface area contributed by atoms with Gasteiger partial charge in [0.1, 0.15) is 5.75 Å². The van der Waals surface area contributed by atoms with Gasteiger partial charge in [-0.25, -0.2) is 0 Å². The lowest BCUT2D eigenvalue weighted by molar-refractivity contribution is 0.408. The second-order valence-corrected chi connectivity index (χ2v) is 10.8. The highest BCUT2D eigenvalue weighted by atomic mass is 16.5. The van der Waals surface area contributed by atoms with Crippen LogP contribution in [0.4, 0.5) is 0 Å². The first kappa shape index (κ1) is 20.4. The highest BCUT2D eigenvalue weighted by Crippen LogP contribution is 2.73. The molecule has 0 spiro atoms. The van der Waals surface area contributed by atoms with Crippen LogP contribution in [0.1, 0.15) is 33.4 Å². The molecule has 0 bridgehead atoms. The first-order chi connectivity index (χ1) is 18.8. The molecule has 0 amide bonds. The zero-order valence-electron chi connectivity index (χ0n) is 21.0. The summed E-state index contributed by atoms with van der Waals surface area (Å²) in [6.45, 7) is 0. The van der Waals surface area contributed by atoms with Crippen LogP contribution in [-0.2, 0) is 10.8 Å². The van der Waals surface area contributed by atoms with Crippen LogP contribution in [0.3, 0.4) is 0 Å². The van der Waals surface area contributed by atoms with Crippen molar-refractivity contribution in [2.75, 3.05) is 7.11 Å². The van der Waals surface area contributed by atoms with Gasteiger partial charge in [-0.1, -0.05) is 115 Å². The Bertz CT molecular complexity index is 1890. The molecule has 0 unspecified atom stereocenters. The highest BCUT2D eigenvalue weighted by Gasteiger charge is 2.67. The van der Waals surface area contributed by atoms with Gasteiger partial charge in [0.25, 0.3) is 0 Å².